The Hall–Kier alpha value is -3.29. The highest BCUT2D eigenvalue weighted by molar-refractivity contribution is 6.27. The Morgan fingerprint density at radius 3 is 2.76 bits per heavy atom. The van der Waals surface area contributed by atoms with Gasteiger partial charge in [-0.1, -0.05) is 31.9 Å². The molecule has 5 rings (SSSR count). The summed E-state index contributed by atoms with van der Waals surface area (Å²) in [6, 6.07) is 7.76. The summed E-state index contributed by atoms with van der Waals surface area (Å²) in [5, 5.41) is 14.6. The van der Waals surface area contributed by atoms with E-state index in [-0.39, 0.29) is 11.7 Å². The van der Waals surface area contributed by atoms with Gasteiger partial charge >= 0.3 is 0 Å². The molecule has 1 atom stereocenters. The summed E-state index contributed by atoms with van der Waals surface area (Å²) in [6.07, 6.45) is 11.3. The zero-order chi connectivity index (χ0) is 23.7. The minimum absolute atomic E-state index is 0.292. The van der Waals surface area contributed by atoms with E-state index in [0.29, 0.717) is 29.4 Å². The van der Waals surface area contributed by atoms with Crippen molar-refractivity contribution in [2.75, 3.05) is 0 Å². The number of rotatable bonds is 8. The summed E-state index contributed by atoms with van der Waals surface area (Å²) in [7, 11) is 0. The molecule has 0 bridgehead atoms. The van der Waals surface area contributed by atoms with E-state index in [1.165, 1.54) is 12.7 Å². The van der Waals surface area contributed by atoms with Crippen molar-refractivity contribution in [1.29, 1.82) is 0 Å². The fourth-order valence-electron chi connectivity index (χ4n) is 4.99. The molecule has 0 radical (unpaired) electrons. The quantitative estimate of drug-likeness (QED) is 0.464. The molecule has 0 saturated heterocycles. The molecular formula is C26H31FN6O. The molecule has 8 heteroatoms. The van der Waals surface area contributed by atoms with Crippen molar-refractivity contribution in [1.82, 2.24) is 30.3 Å². The third kappa shape index (κ3) is 4.17. The zero-order valence-electron chi connectivity index (χ0n) is 19.8. The van der Waals surface area contributed by atoms with Gasteiger partial charge in [-0.25, -0.2) is 9.37 Å². The summed E-state index contributed by atoms with van der Waals surface area (Å²) in [6.45, 7) is 4.03. The van der Waals surface area contributed by atoms with Gasteiger partial charge in [-0.05, 0) is 62.3 Å². The number of H-pyrrole nitrogens is 1. The first-order valence-corrected chi connectivity index (χ1v) is 12.2. The van der Waals surface area contributed by atoms with Crippen LogP contribution in [0.25, 0.3) is 11.1 Å². The van der Waals surface area contributed by atoms with Crippen LogP contribution in [-0.2, 0) is 16.8 Å². The average Bonchev–Trinajstić information content (AvgIpc) is 3.45. The number of benzene rings is 1. The molecule has 3 heterocycles. The van der Waals surface area contributed by atoms with Crippen LogP contribution in [0.1, 0.15) is 87.5 Å². The maximum atomic E-state index is 15.4. The molecule has 2 aliphatic rings. The maximum absolute atomic E-state index is 15.4. The predicted molar refractivity (Wildman–Crippen MR) is 128 cm³/mol. The number of amides is 1. The Balaban J connectivity index is 1.52. The lowest BCUT2D eigenvalue weighted by Gasteiger charge is -2.37. The molecule has 2 aromatic heterocycles. The summed E-state index contributed by atoms with van der Waals surface area (Å²) in [5.41, 5.74) is 2.42. The number of hydrogen-bond acceptors (Lipinski definition) is 4. The molecule has 34 heavy (non-hydrogen) atoms. The van der Waals surface area contributed by atoms with Crippen molar-refractivity contribution in [3.05, 3.63) is 65.3 Å². The molecule has 1 amide bonds. The van der Waals surface area contributed by atoms with Crippen molar-refractivity contribution in [3.8, 4) is 0 Å². The molecule has 1 aromatic carbocycles. The van der Waals surface area contributed by atoms with Crippen molar-refractivity contribution in [2.45, 2.75) is 76.8 Å². The summed E-state index contributed by atoms with van der Waals surface area (Å²) in [4.78, 5) is 17.6. The number of hydrogen-bond donors (Lipinski definition) is 2. The molecule has 1 fully saturated rings. The van der Waals surface area contributed by atoms with E-state index in [9.17, 15) is 4.79 Å². The number of carbonyl (C=O) groups is 1. The standard InChI is InChI=1S/C26H31FN6O/c1-3-4-5-7-17-10-11-20(21(27)14-17)26(2)15-19(22-12-13-33(32-22)18-8-6-9-18)23(25(34)30-26)24-28-16-29-31-24/h10-14,16,18H,3-9,15H2,1-2H3,(H,30,34)(H,28,29,31). The third-order valence-corrected chi connectivity index (χ3v) is 7.16. The number of nitrogens with zero attached hydrogens (tertiary/aromatic N) is 4. The van der Waals surface area contributed by atoms with Gasteiger partial charge in [0.05, 0.1) is 22.8 Å². The van der Waals surface area contributed by atoms with Gasteiger partial charge < -0.3 is 5.32 Å². The lowest BCUT2D eigenvalue weighted by Crippen LogP contribution is -2.48. The number of aryl methyl sites for hydroxylation is 1. The van der Waals surface area contributed by atoms with Crippen molar-refractivity contribution >= 4 is 17.1 Å². The Kier molecular flexibility index (Phi) is 6.06. The molecule has 2 N–H and O–H groups in total. The third-order valence-electron chi connectivity index (χ3n) is 7.16. The van der Waals surface area contributed by atoms with Gasteiger partial charge in [-0.3, -0.25) is 14.6 Å². The normalized spacial score (nSPS) is 21.0. The van der Waals surface area contributed by atoms with Crippen LogP contribution in [0.3, 0.4) is 0 Å². The molecule has 3 aromatic rings. The van der Waals surface area contributed by atoms with E-state index in [4.69, 9.17) is 5.10 Å². The number of carbonyl (C=O) groups excluding carboxylic acids is 1. The van der Waals surface area contributed by atoms with Crippen LogP contribution >= 0.6 is 0 Å². The van der Waals surface area contributed by atoms with Crippen LogP contribution < -0.4 is 5.32 Å². The molecule has 7 nitrogen and oxygen atoms in total. The highest BCUT2D eigenvalue weighted by atomic mass is 19.1. The fourth-order valence-corrected chi connectivity index (χ4v) is 4.99. The first kappa shape index (κ1) is 22.5. The highest BCUT2D eigenvalue weighted by Crippen LogP contribution is 2.42. The van der Waals surface area contributed by atoms with Gasteiger partial charge in [-0.15, -0.1) is 0 Å². The Morgan fingerprint density at radius 1 is 1.24 bits per heavy atom. The van der Waals surface area contributed by atoms with Crippen molar-refractivity contribution in [2.24, 2.45) is 0 Å². The molecule has 1 saturated carbocycles. The van der Waals surface area contributed by atoms with Crippen molar-refractivity contribution < 1.29 is 9.18 Å². The second-order valence-corrected chi connectivity index (χ2v) is 9.69. The lowest BCUT2D eigenvalue weighted by atomic mass is 9.79. The van der Waals surface area contributed by atoms with E-state index < -0.39 is 5.54 Å². The average molecular weight is 463 g/mol. The topological polar surface area (TPSA) is 88.5 Å². The first-order valence-electron chi connectivity index (χ1n) is 12.2. The summed E-state index contributed by atoms with van der Waals surface area (Å²) >= 11 is 0. The monoisotopic (exact) mass is 462 g/mol. The number of aromatic nitrogens is 5. The largest absolute Gasteiger partial charge is 0.342 e. The van der Waals surface area contributed by atoms with E-state index in [0.717, 1.165) is 55.4 Å². The highest BCUT2D eigenvalue weighted by Gasteiger charge is 2.41. The predicted octanol–water partition coefficient (Wildman–Crippen LogP) is 4.94. The van der Waals surface area contributed by atoms with Gasteiger partial charge in [0, 0.05) is 18.2 Å². The first-order chi connectivity index (χ1) is 16.5. The van der Waals surface area contributed by atoms with Gasteiger partial charge in [0.15, 0.2) is 5.82 Å². The van der Waals surface area contributed by atoms with Crippen molar-refractivity contribution in [3.63, 3.8) is 0 Å². The zero-order valence-corrected chi connectivity index (χ0v) is 19.8. The van der Waals surface area contributed by atoms with Crippen LogP contribution in [-0.4, -0.2) is 30.9 Å². The summed E-state index contributed by atoms with van der Waals surface area (Å²) in [5.74, 6) is -0.219. The maximum Gasteiger partial charge on any atom is 0.256 e. The van der Waals surface area contributed by atoms with Gasteiger partial charge in [0.25, 0.3) is 5.91 Å². The fraction of sp³-hybridized carbons (Fsp3) is 0.462. The van der Waals surface area contributed by atoms with Gasteiger partial charge in [0.2, 0.25) is 0 Å². The summed E-state index contributed by atoms with van der Waals surface area (Å²) < 4.78 is 17.3. The Bertz CT molecular complexity index is 1210. The number of aromatic amines is 1. The van der Waals surface area contributed by atoms with E-state index in [2.05, 4.69) is 27.4 Å². The second kappa shape index (κ2) is 9.16. The molecule has 1 aliphatic heterocycles. The van der Waals surface area contributed by atoms with Gasteiger partial charge in [0.1, 0.15) is 12.1 Å². The van der Waals surface area contributed by atoms with Gasteiger partial charge in [-0.2, -0.15) is 10.2 Å². The second-order valence-electron chi connectivity index (χ2n) is 9.69. The van der Waals surface area contributed by atoms with Crippen LogP contribution in [0.15, 0.2) is 36.8 Å². The number of unbranched alkanes of at least 4 members (excludes halogenated alkanes) is 2. The lowest BCUT2D eigenvalue weighted by molar-refractivity contribution is -0.117. The van der Waals surface area contributed by atoms with Crippen LogP contribution in [0.2, 0.25) is 0 Å². The molecule has 1 unspecified atom stereocenters. The Labute approximate surface area is 198 Å². The minimum atomic E-state index is -0.914. The van der Waals surface area contributed by atoms with E-state index >= 15 is 4.39 Å². The molecular weight excluding hydrogens is 431 g/mol. The van der Waals surface area contributed by atoms with Crippen LogP contribution in [0.5, 0.6) is 0 Å². The SMILES string of the molecule is CCCCCc1ccc(C2(C)CC(c3ccn(C4CCC4)n3)=C(c3ncn[nH]3)C(=O)N2)c(F)c1. The van der Waals surface area contributed by atoms with E-state index in [1.807, 2.05) is 36.0 Å². The number of nitrogens with one attached hydrogen (secondary N) is 2. The molecule has 0 spiro atoms. The van der Waals surface area contributed by atoms with Crippen LogP contribution in [0, 0.1) is 5.82 Å². The smallest absolute Gasteiger partial charge is 0.256 e. The number of halogens is 1. The molecule has 1 aliphatic carbocycles. The molecule has 178 valence electrons. The van der Waals surface area contributed by atoms with Crippen LogP contribution in [0.4, 0.5) is 4.39 Å². The minimum Gasteiger partial charge on any atom is -0.342 e. The van der Waals surface area contributed by atoms with E-state index in [1.54, 1.807) is 6.07 Å². The Morgan fingerprint density at radius 2 is 2.09 bits per heavy atom.